The fourth-order valence-corrected chi connectivity index (χ4v) is 1.96. The molecule has 0 radical (unpaired) electrons. The van der Waals surface area contributed by atoms with E-state index in [2.05, 4.69) is 10.6 Å². The van der Waals surface area contributed by atoms with Crippen molar-refractivity contribution in [2.75, 3.05) is 19.6 Å². The first-order valence-corrected chi connectivity index (χ1v) is 5.98. The maximum Gasteiger partial charge on any atom is 0.251 e. The summed E-state index contributed by atoms with van der Waals surface area (Å²) in [5.41, 5.74) is -0.114. The van der Waals surface area contributed by atoms with Crippen molar-refractivity contribution in [1.82, 2.24) is 10.6 Å². The number of aliphatic hydroxyl groups is 1. The van der Waals surface area contributed by atoms with Crippen molar-refractivity contribution in [2.24, 2.45) is 0 Å². The standard InChI is InChI=1S/C13H17FN2O2/c1-9-2-3-10(6-11(9)14)12(17)16-8-13(18)4-5-15-7-13/h2-3,6,15,18H,4-5,7-8H2,1H3,(H,16,17). The molecule has 0 aliphatic carbocycles. The molecule has 1 amide bonds. The Balaban J connectivity index is 1.97. The number of aryl methyl sites for hydroxylation is 1. The number of halogens is 1. The first-order chi connectivity index (χ1) is 8.50. The minimum absolute atomic E-state index is 0.175. The highest BCUT2D eigenvalue weighted by Gasteiger charge is 2.31. The fraction of sp³-hybridized carbons (Fsp3) is 0.462. The smallest absolute Gasteiger partial charge is 0.251 e. The lowest BCUT2D eigenvalue weighted by Gasteiger charge is -2.21. The Labute approximate surface area is 105 Å². The molecule has 0 spiro atoms. The number of rotatable bonds is 3. The first-order valence-electron chi connectivity index (χ1n) is 5.98. The van der Waals surface area contributed by atoms with Gasteiger partial charge in [0.05, 0.1) is 5.60 Å². The van der Waals surface area contributed by atoms with Crippen LogP contribution in [-0.4, -0.2) is 36.2 Å². The number of β-amino-alcohol motifs (C(OH)–C–C–N with tert-alkyl or cyclic N) is 1. The Morgan fingerprint density at radius 1 is 1.61 bits per heavy atom. The summed E-state index contributed by atoms with van der Waals surface area (Å²) in [6.07, 6.45) is 0.607. The van der Waals surface area contributed by atoms with Crippen LogP contribution in [0, 0.1) is 12.7 Å². The highest BCUT2D eigenvalue weighted by Crippen LogP contribution is 2.13. The van der Waals surface area contributed by atoms with Crippen molar-refractivity contribution < 1.29 is 14.3 Å². The molecule has 3 N–H and O–H groups in total. The maximum absolute atomic E-state index is 13.3. The molecule has 1 heterocycles. The third-order valence-electron chi connectivity index (χ3n) is 3.23. The molecule has 4 nitrogen and oxygen atoms in total. The van der Waals surface area contributed by atoms with Crippen LogP contribution in [0.3, 0.4) is 0 Å². The summed E-state index contributed by atoms with van der Waals surface area (Å²) >= 11 is 0. The molecule has 0 saturated carbocycles. The second-order valence-corrected chi connectivity index (χ2v) is 4.80. The van der Waals surface area contributed by atoms with Crippen LogP contribution in [0.4, 0.5) is 4.39 Å². The summed E-state index contributed by atoms with van der Waals surface area (Å²) in [4.78, 5) is 11.8. The largest absolute Gasteiger partial charge is 0.387 e. The van der Waals surface area contributed by atoms with E-state index < -0.39 is 11.4 Å². The predicted octanol–water partition coefficient (Wildman–Crippen LogP) is 0.588. The summed E-state index contributed by atoms with van der Waals surface area (Å²) in [5, 5.41) is 15.7. The Morgan fingerprint density at radius 2 is 2.39 bits per heavy atom. The molecule has 1 unspecified atom stereocenters. The molecule has 0 aromatic heterocycles. The van der Waals surface area contributed by atoms with E-state index in [4.69, 9.17) is 0 Å². The van der Waals surface area contributed by atoms with Crippen molar-refractivity contribution in [1.29, 1.82) is 0 Å². The molecular formula is C13H17FN2O2. The summed E-state index contributed by atoms with van der Waals surface area (Å²) in [6.45, 7) is 3.03. The SMILES string of the molecule is Cc1ccc(C(=O)NCC2(O)CCNC2)cc1F. The van der Waals surface area contributed by atoms with Gasteiger partial charge in [0.2, 0.25) is 0 Å². The quantitative estimate of drug-likeness (QED) is 0.738. The Morgan fingerprint density at radius 3 is 3.00 bits per heavy atom. The molecule has 1 aromatic rings. The van der Waals surface area contributed by atoms with Gasteiger partial charge in [0.1, 0.15) is 5.82 Å². The van der Waals surface area contributed by atoms with Crippen LogP contribution in [0.25, 0.3) is 0 Å². The van der Waals surface area contributed by atoms with E-state index in [1.54, 1.807) is 19.1 Å². The van der Waals surface area contributed by atoms with E-state index in [1.165, 1.54) is 6.07 Å². The van der Waals surface area contributed by atoms with Gasteiger partial charge in [-0.15, -0.1) is 0 Å². The van der Waals surface area contributed by atoms with Crippen LogP contribution in [0.5, 0.6) is 0 Å². The van der Waals surface area contributed by atoms with E-state index in [9.17, 15) is 14.3 Å². The lowest BCUT2D eigenvalue weighted by molar-refractivity contribution is 0.0562. The van der Waals surface area contributed by atoms with Gasteiger partial charge in [-0.25, -0.2) is 4.39 Å². The average molecular weight is 252 g/mol. The van der Waals surface area contributed by atoms with Gasteiger partial charge in [0.15, 0.2) is 0 Å². The number of nitrogens with one attached hydrogen (secondary N) is 2. The number of amides is 1. The zero-order valence-corrected chi connectivity index (χ0v) is 10.3. The summed E-state index contributed by atoms with van der Waals surface area (Å²) in [5.74, 6) is -0.766. The number of carbonyl (C=O) groups is 1. The van der Waals surface area contributed by atoms with E-state index in [0.29, 0.717) is 18.5 Å². The average Bonchev–Trinajstić information content (AvgIpc) is 2.77. The normalized spacial score (nSPS) is 23.1. The Bertz CT molecular complexity index is 456. The van der Waals surface area contributed by atoms with Gasteiger partial charge in [-0.1, -0.05) is 6.07 Å². The van der Waals surface area contributed by atoms with E-state index in [-0.39, 0.29) is 18.0 Å². The Hall–Kier alpha value is -1.46. The molecule has 2 rings (SSSR count). The van der Waals surface area contributed by atoms with E-state index in [1.807, 2.05) is 0 Å². The molecule has 0 bridgehead atoms. The molecular weight excluding hydrogens is 235 g/mol. The topological polar surface area (TPSA) is 61.4 Å². The van der Waals surface area contributed by atoms with Gasteiger partial charge in [-0.2, -0.15) is 0 Å². The van der Waals surface area contributed by atoms with Crippen molar-refractivity contribution in [3.05, 3.63) is 35.1 Å². The first kappa shape index (κ1) is 13.0. The molecule has 1 fully saturated rings. The third-order valence-corrected chi connectivity index (χ3v) is 3.23. The van der Waals surface area contributed by atoms with Gasteiger partial charge in [0, 0.05) is 18.7 Å². The predicted molar refractivity (Wildman–Crippen MR) is 65.9 cm³/mol. The second-order valence-electron chi connectivity index (χ2n) is 4.80. The third kappa shape index (κ3) is 2.86. The molecule has 1 aliphatic rings. The highest BCUT2D eigenvalue weighted by molar-refractivity contribution is 5.94. The molecule has 1 atom stereocenters. The van der Waals surface area contributed by atoms with Crippen LogP contribution in [0.1, 0.15) is 22.3 Å². The highest BCUT2D eigenvalue weighted by atomic mass is 19.1. The Kier molecular flexibility index (Phi) is 3.63. The van der Waals surface area contributed by atoms with Crippen LogP contribution in [0.2, 0.25) is 0 Å². The minimum Gasteiger partial charge on any atom is -0.387 e. The fourth-order valence-electron chi connectivity index (χ4n) is 1.96. The van der Waals surface area contributed by atoms with E-state index in [0.717, 1.165) is 6.54 Å². The van der Waals surface area contributed by atoms with Gasteiger partial charge < -0.3 is 15.7 Å². The lowest BCUT2D eigenvalue weighted by Crippen LogP contribution is -2.44. The van der Waals surface area contributed by atoms with Crippen molar-refractivity contribution in [3.63, 3.8) is 0 Å². The molecule has 1 aliphatic heterocycles. The van der Waals surface area contributed by atoms with Crippen LogP contribution >= 0.6 is 0 Å². The molecule has 1 aromatic carbocycles. The number of benzene rings is 1. The van der Waals surface area contributed by atoms with Crippen molar-refractivity contribution >= 4 is 5.91 Å². The number of hydrogen-bond donors (Lipinski definition) is 3. The van der Waals surface area contributed by atoms with Crippen molar-refractivity contribution in [2.45, 2.75) is 18.9 Å². The van der Waals surface area contributed by atoms with Crippen LogP contribution < -0.4 is 10.6 Å². The monoisotopic (exact) mass is 252 g/mol. The maximum atomic E-state index is 13.3. The van der Waals surface area contributed by atoms with Crippen LogP contribution in [-0.2, 0) is 0 Å². The van der Waals surface area contributed by atoms with E-state index >= 15 is 0 Å². The second kappa shape index (κ2) is 5.04. The molecule has 5 heteroatoms. The number of carbonyl (C=O) groups excluding carboxylic acids is 1. The molecule has 98 valence electrons. The van der Waals surface area contributed by atoms with Gasteiger partial charge >= 0.3 is 0 Å². The van der Waals surface area contributed by atoms with Gasteiger partial charge in [-0.05, 0) is 37.6 Å². The summed E-state index contributed by atoms with van der Waals surface area (Å²) in [6, 6.07) is 4.35. The summed E-state index contributed by atoms with van der Waals surface area (Å²) in [7, 11) is 0. The zero-order chi connectivity index (χ0) is 13.2. The van der Waals surface area contributed by atoms with Gasteiger partial charge in [0.25, 0.3) is 5.91 Å². The molecule has 1 saturated heterocycles. The van der Waals surface area contributed by atoms with Crippen LogP contribution in [0.15, 0.2) is 18.2 Å². The number of hydrogen-bond acceptors (Lipinski definition) is 3. The minimum atomic E-state index is -0.890. The van der Waals surface area contributed by atoms with Crippen molar-refractivity contribution in [3.8, 4) is 0 Å². The zero-order valence-electron chi connectivity index (χ0n) is 10.3. The summed E-state index contributed by atoms with van der Waals surface area (Å²) < 4.78 is 13.3. The lowest BCUT2D eigenvalue weighted by atomic mass is 10.0. The van der Waals surface area contributed by atoms with Gasteiger partial charge in [-0.3, -0.25) is 4.79 Å². The molecule has 18 heavy (non-hydrogen) atoms.